The lowest BCUT2D eigenvalue weighted by molar-refractivity contribution is -0.136. The Morgan fingerprint density at radius 3 is 2.50 bits per heavy atom. The topological polar surface area (TPSA) is 101 Å². The molecule has 2 N–H and O–H groups in total. The molecule has 0 aliphatic heterocycles. The largest absolute Gasteiger partial charge is 0.481 e. The normalized spacial score (nSPS) is 11.1. The van der Waals surface area contributed by atoms with Crippen molar-refractivity contribution in [1.29, 1.82) is 0 Å². The van der Waals surface area contributed by atoms with Gasteiger partial charge in [0.25, 0.3) is 0 Å². The van der Waals surface area contributed by atoms with Crippen LogP contribution >= 0.6 is 0 Å². The van der Waals surface area contributed by atoms with Crippen LogP contribution in [0.15, 0.2) is 24.3 Å². The Morgan fingerprint density at radius 2 is 1.90 bits per heavy atom. The van der Waals surface area contributed by atoms with E-state index in [0.717, 1.165) is 0 Å². The van der Waals surface area contributed by atoms with E-state index in [1.807, 2.05) is 0 Å². The van der Waals surface area contributed by atoms with Gasteiger partial charge in [0.1, 0.15) is 5.75 Å². The van der Waals surface area contributed by atoms with Gasteiger partial charge in [-0.2, -0.15) is 0 Å². The lowest BCUT2D eigenvalue weighted by atomic mass is 10.1. The zero-order valence-electron chi connectivity index (χ0n) is 11.1. The van der Waals surface area contributed by atoms with Crippen LogP contribution < -0.4 is 5.32 Å². The maximum Gasteiger partial charge on any atom is 0.307 e. The number of rotatable bonds is 7. The van der Waals surface area contributed by atoms with Gasteiger partial charge in [-0.15, -0.1) is 0 Å². The second kappa shape index (κ2) is 7.04. The zero-order valence-corrected chi connectivity index (χ0v) is 11.9. The number of carboxylic acid groups (broad SMARTS) is 1. The summed E-state index contributed by atoms with van der Waals surface area (Å²) in [6.07, 6.45) is 0.212. The summed E-state index contributed by atoms with van der Waals surface area (Å²) in [7, 11) is -3.42. The third kappa shape index (κ3) is 5.40. The van der Waals surface area contributed by atoms with Crippen LogP contribution in [0.3, 0.4) is 0 Å². The van der Waals surface area contributed by atoms with E-state index in [9.17, 15) is 18.0 Å². The van der Waals surface area contributed by atoms with Crippen LogP contribution in [-0.4, -0.2) is 36.9 Å². The predicted octanol–water partition coefficient (Wildman–Crippen LogP) is 1.08. The minimum atomic E-state index is -3.42. The first-order valence-corrected chi connectivity index (χ1v) is 7.96. The van der Waals surface area contributed by atoms with Crippen LogP contribution in [0.25, 0.3) is 0 Å². The molecule has 0 saturated carbocycles. The molecule has 0 aliphatic carbocycles. The summed E-state index contributed by atoms with van der Waals surface area (Å²) in [4.78, 5) is 22.4. The van der Waals surface area contributed by atoms with Crippen LogP contribution in [0.5, 0.6) is 0 Å². The average molecular weight is 299 g/mol. The molecule has 0 aromatic heterocycles. The number of hydrogen-bond acceptors (Lipinski definition) is 4. The maximum atomic E-state index is 11.7. The van der Waals surface area contributed by atoms with Crippen LogP contribution in [-0.2, 0) is 25.8 Å². The molecule has 0 saturated heterocycles. The van der Waals surface area contributed by atoms with Gasteiger partial charge < -0.3 is 10.4 Å². The number of anilines is 1. The highest BCUT2D eigenvalue weighted by Gasteiger charge is 2.17. The van der Waals surface area contributed by atoms with Gasteiger partial charge in [0, 0.05) is 5.69 Å². The Kier molecular flexibility index (Phi) is 5.69. The van der Waals surface area contributed by atoms with Crippen molar-refractivity contribution >= 4 is 27.4 Å². The van der Waals surface area contributed by atoms with E-state index in [2.05, 4.69) is 5.32 Å². The fourth-order valence-electron chi connectivity index (χ4n) is 1.73. The molecule has 0 aliphatic rings. The van der Waals surface area contributed by atoms with E-state index in [1.54, 1.807) is 31.2 Å². The summed E-state index contributed by atoms with van der Waals surface area (Å²) in [5.74, 6) is -2.32. The van der Waals surface area contributed by atoms with Crippen molar-refractivity contribution in [1.82, 2.24) is 0 Å². The van der Waals surface area contributed by atoms with Crippen molar-refractivity contribution in [3.8, 4) is 0 Å². The summed E-state index contributed by atoms with van der Waals surface area (Å²) in [6, 6.07) is 6.41. The highest BCUT2D eigenvalue weighted by Crippen LogP contribution is 2.15. The Balaban J connectivity index is 2.78. The number of carbonyl (C=O) groups excluding carboxylic acids is 1. The Morgan fingerprint density at radius 1 is 1.25 bits per heavy atom. The molecule has 0 unspecified atom stereocenters. The molecule has 1 aromatic rings. The van der Waals surface area contributed by atoms with Gasteiger partial charge in [-0.3, -0.25) is 9.59 Å². The van der Waals surface area contributed by atoms with Crippen LogP contribution in [0.1, 0.15) is 18.9 Å². The summed E-state index contributed by atoms with van der Waals surface area (Å²) in [6.45, 7) is 1.72. The van der Waals surface area contributed by atoms with E-state index in [4.69, 9.17) is 5.11 Å². The Bertz CT molecular complexity index is 595. The van der Waals surface area contributed by atoms with Crippen LogP contribution in [0.2, 0.25) is 0 Å². The second-order valence-corrected chi connectivity index (χ2v) is 6.55. The fourth-order valence-corrected chi connectivity index (χ4v) is 2.97. The predicted molar refractivity (Wildman–Crippen MR) is 75.4 cm³/mol. The molecule has 0 bridgehead atoms. The van der Waals surface area contributed by atoms with Crippen molar-refractivity contribution in [2.45, 2.75) is 19.8 Å². The number of carboxylic acids is 1. The average Bonchev–Trinajstić information content (AvgIpc) is 2.29. The number of hydrogen-bond donors (Lipinski definition) is 2. The van der Waals surface area contributed by atoms with E-state index >= 15 is 0 Å². The molecule has 0 atom stereocenters. The summed E-state index contributed by atoms with van der Waals surface area (Å²) >= 11 is 0. The summed E-state index contributed by atoms with van der Waals surface area (Å²) in [5.41, 5.74) is 0.757. The second-order valence-electron chi connectivity index (χ2n) is 4.37. The summed E-state index contributed by atoms with van der Waals surface area (Å²) < 4.78 is 23.1. The lowest BCUT2D eigenvalue weighted by Gasteiger charge is -2.09. The van der Waals surface area contributed by atoms with Gasteiger partial charge in [0.05, 0.1) is 12.2 Å². The quantitative estimate of drug-likeness (QED) is 0.784. The minimum Gasteiger partial charge on any atom is -0.481 e. The van der Waals surface area contributed by atoms with Crippen molar-refractivity contribution < 1.29 is 23.1 Å². The maximum absolute atomic E-state index is 11.7. The summed E-state index contributed by atoms with van der Waals surface area (Å²) in [5, 5.41) is 11.2. The molecule has 1 amide bonds. The number of amides is 1. The van der Waals surface area contributed by atoms with Crippen molar-refractivity contribution in [3.05, 3.63) is 29.8 Å². The molecule has 0 fully saturated rings. The molecule has 0 radical (unpaired) electrons. The fraction of sp³-hybridized carbons (Fsp3) is 0.385. The molecule has 1 aromatic carbocycles. The van der Waals surface area contributed by atoms with Crippen molar-refractivity contribution in [3.63, 3.8) is 0 Å². The standard InChI is InChI=1S/C13H17NO5S/c1-2-7-20(18,19)9-12(15)14-11-6-4-3-5-10(11)8-13(16)17/h3-6H,2,7-9H2,1H3,(H,14,15)(H,16,17). The number of aliphatic carboxylic acids is 1. The van der Waals surface area contributed by atoms with Crippen LogP contribution in [0.4, 0.5) is 5.69 Å². The molecule has 1 rings (SSSR count). The van der Waals surface area contributed by atoms with E-state index in [0.29, 0.717) is 17.7 Å². The first-order chi connectivity index (χ1) is 9.34. The monoisotopic (exact) mass is 299 g/mol. The molecule has 0 spiro atoms. The van der Waals surface area contributed by atoms with Crippen molar-refractivity contribution in [2.75, 3.05) is 16.8 Å². The molecule has 20 heavy (non-hydrogen) atoms. The first kappa shape index (κ1) is 16.2. The highest BCUT2D eigenvalue weighted by molar-refractivity contribution is 7.92. The number of nitrogens with one attached hydrogen (secondary N) is 1. The number of para-hydroxylation sites is 1. The highest BCUT2D eigenvalue weighted by atomic mass is 32.2. The van der Waals surface area contributed by atoms with Gasteiger partial charge in [0.2, 0.25) is 5.91 Å². The van der Waals surface area contributed by atoms with Gasteiger partial charge in [-0.1, -0.05) is 25.1 Å². The lowest BCUT2D eigenvalue weighted by Crippen LogP contribution is -2.25. The van der Waals surface area contributed by atoms with Crippen molar-refractivity contribution in [2.24, 2.45) is 0 Å². The molecule has 110 valence electrons. The molecule has 6 nitrogen and oxygen atoms in total. The van der Waals surface area contributed by atoms with E-state index in [1.165, 1.54) is 0 Å². The Hall–Kier alpha value is -1.89. The van der Waals surface area contributed by atoms with E-state index in [-0.39, 0.29) is 12.2 Å². The smallest absolute Gasteiger partial charge is 0.307 e. The number of carbonyl (C=O) groups is 2. The molecular formula is C13H17NO5S. The SMILES string of the molecule is CCCS(=O)(=O)CC(=O)Nc1ccccc1CC(=O)O. The molecule has 7 heteroatoms. The Labute approximate surface area is 117 Å². The minimum absolute atomic E-state index is 0.0445. The zero-order chi connectivity index (χ0) is 15.2. The third-order valence-corrected chi connectivity index (χ3v) is 4.23. The van der Waals surface area contributed by atoms with Gasteiger partial charge in [0.15, 0.2) is 9.84 Å². The first-order valence-electron chi connectivity index (χ1n) is 6.14. The van der Waals surface area contributed by atoms with E-state index < -0.39 is 27.5 Å². The van der Waals surface area contributed by atoms with Gasteiger partial charge in [-0.25, -0.2) is 8.42 Å². The van der Waals surface area contributed by atoms with Gasteiger partial charge >= 0.3 is 5.97 Å². The molecular weight excluding hydrogens is 282 g/mol. The van der Waals surface area contributed by atoms with Crippen LogP contribution in [0, 0.1) is 0 Å². The number of sulfone groups is 1. The molecule has 0 heterocycles. The van der Waals surface area contributed by atoms with Gasteiger partial charge in [-0.05, 0) is 18.1 Å². The number of benzene rings is 1. The third-order valence-electron chi connectivity index (χ3n) is 2.50.